The van der Waals surface area contributed by atoms with Crippen LogP contribution in [0.5, 0.6) is 0 Å². The molecule has 0 heterocycles. The summed E-state index contributed by atoms with van der Waals surface area (Å²) in [5.74, 6) is 1.21. The van der Waals surface area contributed by atoms with E-state index in [1.807, 2.05) is 31.2 Å². The summed E-state index contributed by atoms with van der Waals surface area (Å²) in [6.45, 7) is 2.38. The van der Waals surface area contributed by atoms with Crippen molar-refractivity contribution in [2.75, 3.05) is 16.8 Å². The van der Waals surface area contributed by atoms with E-state index in [-0.39, 0.29) is 5.91 Å². The molecule has 5 heteroatoms. The number of carbonyl (C=O) groups is 1. The molecule has 1 atom stereocenters. The van der Waals surface area contributed by atoms with Gasteiger partial charge in [-0.1, -0.05) is 19.1 Å². The predicted molar refractivity (Wildman–Crippen MR) is 75.7 cm³/mol. The molecular weight excluding hydrogens is 248 g/mol. The standard InChI is InChI=1S/C13H20N2O2S/c1-2-18(17)9-3-4-13(16)15-12-7-5-11(10-14)6-8-12/h5-8H,2-4,9-10,14H2,1H3,(H,15,16). The van der Waals surface area contributed by atoms with Gasteiger partial charge in [0.1, 0.15) is 0 Å². The molecule has 0 bridgehead atoms. The summed E-state index contributed by atoms with van der Waals surface area (Å²) in [6.07, 6.45) is 1.07. The second-order valence-corrected chi connectivity index (χ2v) is 5.85. The lowest BCUT2D eigenvalue weighted by molar-refractivity contribution is -0.116. The normalized spacial score (nSPS) is 12.1. The van der Waals surface area contributed by atoms with E-state index in [9.17, 15) is 9.00 Å². The summed E-state index contributed by atoms with van der Waals surface area (Å²) in [7, 11) is -0.788. The van der Waals surface area contributed by atoms with Crippen LogP contribution in [0.4, 0.5) is 5.69 Å². The molecule has 0 aliphatic heterocycles. The summed E-state index contributed by atoms with van der Waals surface area (Å²) in [5, 5.41) is 2.81. The average molecular weight is 268 g/mol. The van der Waals surface area contributed by atoms with E-state index in [1.165, 1.54) is 0 Å². The quantitative estimate of drug-likeness (QED) is 0.789. The van der Waals surface area contributed by atoms with Crippen molar-refractivity contribution in [3.8, 4) is 0 Å². The van der Waals surface area contributed by atoms with Gasteiger partial charge in [-0.3, -0.25) is 9.00 Å². The largest absolute Gasteiger partial charge is 0.326 e. The molecule has 0 aromatic heterocycles. The first-order valence-electron chi connectivity index (χ1n) is 6.09. The maximum Gasteiger partial charge on any atom is 0.224 e. The zero-order valence-electron chi connectivity index (χ0n) is 10.6. The summed E-state index contributed by atoms with van der Waals surface area (Å²) < 4.78 is 11.2. The molecule has 100 valence electrons. The first-order chi connectivity index (χ1) is 8.65. The molecule has 0 saturated heterocycles. The van der Waals surface area contributed by atoms with Crippen LogP contribution < -0.4 is 11.1 Å². The highest BCUT2D eigenvalue weighted by molar-refractivity contribution is 7.84. The van der Waals surface area contributed by atoms with Crippen LogP contribution in [-0.4, -0.2) is 21.6 Å². The second kappa shape index (κ2) is 8.00. The molecule has 1 unspecified atom stereocenters. The molecule has 1 rings (SSSR count). The Morgan fingerprint density at radius 1 is 1.33 bits per heavy atom. The maximum absolute atomic E-state index is 11.6. The first-order valence-corrected chi connectivity index (χ1v) is 7.58. The van der Waals surface area contributed by atoms with Gasteiger partial charge in [0.05, 0.1) is 0 Å². The van der Waals surface area contributed by atoms with Gasteiger partial charge in [-0.2, -0.15) is 0 Å². The van der Waals surface area contributed by atoms with E-state index in [4.69, 9.17) is 5.73 Å². The fraction of sp³-hybridized carbons (Fsp3) is 0.462. The Morgan fingerprint density at radius 2 is 2.00 bits per heavy atom. The summed E-state index contributed by atoms with van der Waals surface area (Å²) in [6, 6.07) is 7.46. The Morgan fingerprint density at radius 3 is 2.56 bits per heavy atom. The zero-order valence-corrected chi connectivity index (χ0v) is 11.5. The van der Waals surface area contributed by atoms with E-state index < -0.39 is 10.8 Å². The van der Waals surface area contributed by atoms with Crippen molar-refractivity contribution in [2.24, 2.45) is 5.73 Å². The minimum Gasteiger partial charge on any atom is -0.326 e. The van der Waals surface area contributed by atoms with Crippen LogP contribution in [0.1, 0.15) is 25.3 Å². The van der Waals surface area contributed by atoms with Crippen molar-refractivity contribution in [2.45, 2.75) is 26.3 Å². The highest BCUT2D eigenvalue weighted by Crippen LogP contribution is 2.09. The lowest BCUT2D eigenvalue weighted by atomic mass is 10.2. The second-order valence-electron chi connectivity index (χ2n) is 3.99. The molecule has 0 aliphatic carbocycles. The van der Waals surface area contributed by atoms with Crippen molar-refractivity contribution < 1.29 is 9.00 Å². The number of hydrogen-bond donors (Lipinski definition) is 2. The third-order valence-electron chi connectivity index (χ3n) is 2.57. The van der Waals surface area contributed by atoms with Crippen LogP contribution in [0.2, 0.25) is 0 Å². The van der Waals surface area contributed by atoms with Gasteiger partial charge in [0.25, 0.3) is 0 Å². The fourth-order valence-electron chi connectivity index (χ4n) is 1.49. The topological polar surface area (TPSA) is 72.2 Å². The van der Waals surface area contributed by atoms with Crippen LogP contribution in [0, 0.1) is 0 Å². The van der Waals surface area contributed by atoms with E-state index >= 15 is 0 Å². The van der Waals surface area contributed by atoms with Crippen molar-refractivity contribution in [1.82, 2.24) is 0 Å². The third kappa shape index (κ3) is 5.42. The van der Waals surface area contributed by atoms with Crippen molar-refractivity contribution in [1.29, 1.82) is 0 Å². The molecule has 0 radical (unpaired) electrons. The van der Waals surface area contributed by atoms with Crippen LogP contribution in [0.3, 0.4) is 0 Å². The molecule has 0 fully saturated rings. The van der Waals surface area contributed by atoms with Gasteiger partial charge in [0, 0.05) is 41.0 Å². The van der Waals surface area contributed by atoms with E-state index in [0.717, 1.165) is 11.3 Å². The number of nitrogens with two attached hydrogens (primary N) is 1. The van der Waals surface area contributed by atoms with E-state index in [1.54, 1.807) is 0 Å². The molecule has 4 nitrogen and oxygen atoms in total. The van der Waals surface area contributed by atoms with Crippen molar-refractivity contribution >= 4 is 22.4 Å². The lowest BCUT2D eigenvalue weighted by Crippen LogP contribution is -2.13. The van der Waals surface area contributed by atoms with Crippen LogP contribution in [0.15, 0.2) is 24.3 Å². The van der Waals surface area contributed by atoms with Crippen LogP contribution in [-0.2, 0) is 22.1 Å². The lowest BCUT2D eigenvalue weighted by Gasteiger charge is -2.05. The smallest absolute Gasteiger partial charge is 0.224 e. The highest BCUT2D eigenvalue weighted by Gasteiger charge is 2.03. The minimum atomic E-state index is -0.788. The summed E-state index contributed by atoms with van der Waals surface area (Å²) in [5.41, 5.74) is 7.30. The highest BCUT2D eigenvalue weighted by atomic mass is 32.2. The van der Waals surface area contributed by atoms with E-state index in [2.05, 4.69) is 5.32 Å². The van der Waals surface area contributed by atoms with Gasteiger partial charge in [0.2, 0.25) is 5.91 Å². The number of nitrogens with one attached hydrogen (secondary N) is 1. The Balaban J connectivity index is 2.32. The Labute approximate surface area is 110 Å². The van der Waals surface area contributed by atoms with E-state index in [0.29, 0.717) is 30.9 Å². The summed E-state index contributed by atoms with van der Waals surface area (Å²) >= 11 is 0. The van der Waals surface area contributed by atoms with Crippen LogP contribution >= 0.6 is 0 Å². The molecule has 3 N–H and O–H groups in total. The third-order valence-corrected chi connectivity index (χ3v) is 3.96. The average Bonchev–Trinajstić information content (AvgIpc) is 2.39. The number of carbonyl (C=O) groups excluding carboxylic acids is 1. The van der Waals surface area contributed by atoms with Gasteiger partial charge in [-0.25, -0.2) is 0 Å². The Bertz CT molecular complexity index is 404. The molecule has 1 amide bonds. The van der Waals surface area contributed by atoms with Gasteiger partial charge >= 0.3 is 0 Å². The van der Waals surface area contributed by atoms with Crippen molar-refractivity contribution in [3.05, 3.63) is 29.8 Å². The minimum absolute atomic E-state index is 0.0383. The molecule has 0 aliphatic rings. The fourth-order valence-corrected chi connectivity index (χ4v) is 2.24. The maximum atomic E-state index is 11.6. The van der Waals surface area contributed by atoms with Gasteiger partial charge in [-0.15, -0.1) is 0 Å². The number of hydrogen-bond acceptors (Lipinski definition) is 3. The van der Waals surface area contributed by atoms with Crippen molar-refractivity contribution in [3.63, 3.8) is 0 Å². The van der Waals surface area contributed by atoms with Gasteiger partial charge < -0.3 is 11.1 Å². The van der Waals surface area contributed by atoms with Gasteiger partial charge in [0.15, 0.2) is 0 Å². The molecule has 0 saturated carbocycles. The number of benzene rings is 1. The molecule has 1 aromatic carbocycles. The number of rotatable bonds is 7. The Hall–Kier alpha value is -1.20. The molecular formula is C13H20N2O2S. The SMILES string of the molecule is CCS(=O)CCCC(=O)Nc1ccc(CN)cc1. The van der Waals surface area contributed by atoms with Gasteiger partial charge in [-0.05, 0) is 24.1 Å². The first kappa shape index (κ1) is 14.9. The molecule has 0 spiro atoms. The monoisotopic (exact) mass is 268 g/mol. The molecule has 1 aromatic rings. The predicted octanol–water partition coefficient (Wildman–Crippen LogP) is 1.63. The van der Waals surface area contributed by atoms with Crippen LogP contribution in [0.25, 0.3) is 0 Å². The molecule has 18 heavy (non-hydrogen) atoms. The number of amides is 1. The number of anilines is 1. The Kier molecular flexibility index (Phi) is 6.60. The summed E-state index contributed by atoms with van der Waals surface area (Å²) in [4.78, 5) is 11.6. The zero-order chi connectivity index (χ0) is 13.4.